The Bertz CT molecular complexity index is 940. The van der Waals surface area contributed by atoms with Crippen LogP contribution in [0, 0.1) is 5.92 Å². The van der Waals surface area contributed by atoms with Crippen LogP contribution in [0.5, 0.6) is 0 Å². The fraction of sp³-hybridized carbons (Fsp3) is 0.409. The molecule has 0 aromatic heterocycles. The third-order valence-electron chi connectivity index (χ3n) is 5.19. The Hall–Kier alpha value is -2.18. The van der Waals surface area contributed by atoms with Crippen molar-refractivity contribution < 1.29 is 13.2 Å². The summed E-state index contributed by atoms with van der Waals surface area (Å²) in [7, 11) is -3.57. The number of hydrogen-bond donors (Lipinski definition) is 0. The third-order valence-corrected chi connectivity index (χ3v) is 7.10. The molecule has 6 heteroatoms. The molecule has 0 saturated carbocycles. The first-order chi connectivity index (χ1) is 13.3. The maximum Gasteiger partial charge on any atom is 0.243 e. The van der Waals surface area contributed by atoms with Crippen LogP contribution < -0.4 is 0 Å². The number of fused-ring (bicyclic) bond motifs is 1. The lowest BCUT2D eigenvalue weighted by Gasteiger charge is -2.31. The van der Waals surface area contributed by atoms with Crippen molar-refractivity contribution in [3.63, 3.8) is 0 Å². The lowest BCUT2D eigenvalue weighted by molar-refractivity contribution is -0.135. The summed E-state index contributed by atoms with van der Waals surface area (Å²) in [6.07, 6.45) is 0.683. The number of benzene rings is 2. The molecule has 0 atom stereocenters. The molecule has 2 aromatic carbocycles. The molecule has 2 aromatic rings. The van der Waals surface area contributed by atoms with Gasteiger partial charge in [-0.05, 0) is 35.2 Å². The zero-order valence-electron chi connectivity index (χ0n) is 16.8. The quantitative estimate of drug-likeness (QED) is 0.746. The zero-order chi connectivity index (χ0) is 20.3. The number of amides is 1. The van der Waals surface area contributed by atoms with Crippen LogP contribution in [0.4, 0.5) is 0 Å². The van der Waals surface area contributed by atoms with E-state index in [4.69, 9.17) is 0 Å². The van der Waals surface area contributed by atoms with E-state index in [-0.39, 0.29) is 11.8 Å². The monoisotopic (exact) mass is 400 g/mol. The molecule has 0 aliphatic carbocycles. The maximum atomic E-state index is 13.2. The van der Waals surface area contributed by atoms with Crippen molar-refractivity contribution >= 4 is 15.9 Å². The molecule has 0 radical (unpaired) electrons. The number of sulfonamides is 1. The average molecular weight is 401 g/mol. The topological polar surface area (TPSA) is 57.7 Å². The first-order valence-electron chi connectivity index (χ1n) is 9.77. The van der Waals surface area contributed by atoms with Crippen molar-refractivity contribution in [1.29, 1.82) is 0 Å². The predicted octanol–water partition coefficient (Wildman–Crippen LogP) is 3.44. The Kier molecular flexibility index (Phi) is 6.20. The lowest BCUT2D eigenvalue weighted by Crippen LogP contribution is -2.38. The van der Waals surface area contributed by atoms with Crippen LogP contribution >= 0.6 is 0 Å². The van der Waals surface area contributed by atoms with E-state index in [9.17, 15) is 13.2 Å². The summed E-state index contributed by atoms with van der Waals surface area (Å²) >= 11 is 0. The van der Waals surface area contributed by atoms with E-state index in [2.05, 4.69) is 0 Å². The number of nitrogens with zero attached hydrogens (tertiary/aromatic N) is 2. The minimum absolute atomic E-state index is 0.0303. The Morgan fingerprint density at radius 1 is 1.11 bits per heavy atom. The normalized spacial score (nSPS) is 14.4. The summed E-state index contributed by atoms with van der Waals surface area (Å²) in [4.78, 5) is 14.4. The van der Waals surface area contributed by atoms with Gasteiger partial charge in [0, 0.05) is 32.1 Å². The highest BCUT2D eigenvalue weighted by Crippen LogP contribution is 2.26. The van der Waals surface area contributed by atoms with E-state index in [1.807, 2.05) is 62.1 Å². The molecule has 1 amide bonds. The molecule has 1 aliphatic heterocycles. The summed E-state index contributed by atoms with van der Waals surface area (Å²) < 4.78 is 27.9. The molecule has 0 unspecified atom stereocenters. The van der Waals surface area contributed by atoms with Crippen molar-refractivity contribution in [2.75, 3.05) is 13.1 Å². The van der Waals surface area contributed by atoms with Gasteiger partial charge < -0.3 is 4.90 Å². The van der Waals surface area contributed by atoms with Gasteiger partial charge in [0.15, 0.2) is 0 Å². The van der Waals surface area contributed by atoms with Gasteiger partial charge in [-0.1, -0.05) is 57.2 Å². The van der Waals surface area contributed by atoms with Crippen molar-refractivity contribution in [2.45, 2.75) is 45.2 Å². The van der Waals surface area contributed by atoms with Gasteiger partial charge in [0.05, 0.1) is 4.90 Å². The molecule has 0 fully saturated rings. The number of carbonyl (C=O) groups is 1. The third kappa shape index (κ3) is 4.28. The Morgan fingerprint density at radius 2 is 1.82 bits per heavy atom. The van der Waals surface area contributed by atoms with Crippen LogP contribution in [0.15, 0.2) is 53.4 Å². The fourth-order valence-corrected chi connectivity index (χ4v) is 5.03. The van der Waals surface area contributed by atoms with E-state index < -0.39 is 10.0 Å². The zero-order valence-corrected chi connectivity index (χ0v) is 17.6. The van der Waals surface area contributed by atoms with Crippen LogP contribution in [0.1, 0.15) is 37.5 Å². The van der Waals surface area contributed by atoms with Crippen LogP contribution in [0.3, 0.4) is 0 Å². The molecule has 1 heterocycles. The van der Waals surface area contributed by atoms with Crippen LogP contribution in [-0.4, -0.2) is 36.6 Å². The highest BCUT2D eigenvalue weighted by atomic mass is 32.2. The second kappa shape index (κ2) is 8.45. The minimum Gasteiger partial charge on any atom is -0.338 e. The van der Waals surface area contributed by atoms with Gasteiger partial charge in [0.2, 0.25) is 15.9 Å². The van der Waals surface area contributed by atoms with Gasteiger partial charge in [-0.25, -0.2) is 8.42 Å². The molecule has 3 rings (SSSR count). The summed E-state index contributed by atoms with van der Waals surface area (Å²) in [5.41, 5.74) is 3.02. The average Bonchev–Trinajstić information content (AvgIpc) is 2.71. The lowest BCUT2D eigenvalue weighted by atomic mass is 9.99. The van der Waals surface area contributed by atoms with Gasteiger partial charge in [-0.3, -0.25) is 4.79 Å². The smallest absolute Gasteiger partial charge is 0.243 e. The molecule has 28 heavy (non-hydrogen) atoms. The van der Waals surface area contributed by atoms with E-state index in [0.717, 1.165) is 16.7 Å². The summed E-state index contributed by atoms with van der Waals surface area (Å²) in [6, 6.07) is 14.9. The Morgan fingerprint density at radius 3 is 2.46 bits per heavy atom. The van der Waals surface area contributed by atoms with Crippen molar-refractivity contribution in [2.24, 2.45) is 5.92 Å². The van der Waals surface area contributed by atoms with Crippen LogP contribution in [0.2, 0.25) is 0 Å². The highest BCUT2D eigenvalue weighted by Gasteiger charge is 2.27. The fourth-order valence-electron chi connectivity index (χ4n) is 3.55. The highest BCUT2D eigenvalue weighted by molar-refractivity contribution is 7.89. The molecule has 0 spiro atoms. The van der Waals surface area contributed by atoms with Gasteiger partial charge in [-0.2, -0.15) is 4.31 Å². The largest absolute Gasteiger partial charge is 0.338 e. The van der Waals surface area contributed by atoms with E-state index in [1.165, 1.54) is 4.31 Å². The first kappa shape index (κ1) is 20.6. The molecular weight excluding hydrogens is 372 g/mol. The van der Waals surface area contributed by atoms with E-state index in [1.54, 1.807) is 12.1 Å². The SMILES string of the molecule is CCN(Cc1ccccc1)S(=O)(=O)c1ccc2c(c1)CCN(C(=O)C(C)C)C2. The molecular formula is C22H28N2O3S. The molecule has 0 saturated heterocycles. The summed E-state index contributed by atoms with van der Waals surface area (Å²) in [5.74, 6) is 0.111. The molecule has 0 bridgehead atoms. The van der Waals surface area contributed by atoms with Crippen molar-refractivity contribution in [3.05, 3.63) is 65.2 Å². The van der Waals surface area contributed by atoms with E-state index in [0.29, 0.717) is 37.5 Å². The summed E-state index contributed by atoms with van der Waals surface area (Å²) in [6.45, 7) is 7.61. The van der Waals surface area contributed by atoms with Crippen molar-refractivity contribution in [1.82, 2.24) is 9.21 Å². The van der Waals surface area contributed by atoms with Crippen molar-refractivity contribution in [3.8, 4) is 0 Å². The Balaban J connectivity index is 1.83. The number of rotatable bonds is 6. The Labute approximate surface area is 168 Å². The van der Waals surface area contributed by atoms with Gasteiger partial charge >= 0.3 is 0 Å². The second-order valence-electron chi connectivity index (χ2n) is 7.51. The minimum atomic E-state index is -3.57. The van der Waals surface area contributed by atoms with Crippen LogP contribution in [-0.2, 0) is 34.3 Å². The molecule has 5 nitrogen and oxygen atoms in total. The maximum absolute atomic E-state index is 13.2. The summed E-state index contributed by atoms with van der Waals surface area (Å²) in [5, 5.41) is 0. The van der Waals surface area contributed by atoms with Crippen LogP contribution in [0.25, 0.3) is 0 Å². The predicted molar refractivity (Wildman–Crippen MR) is 110 cm³/mol. The number of carbonyl (C=O) groups excluding carboxylic acids is 1. The molecule has 1 aliphatic rings. The van der Waals surface area contributed by atoms with Gasteiger partial charge in [0.1, 0.15) is 0 Å². The second-order valence-corrected chi connectivity index (χ2v) is 9.45. The first-order valence-corrected chi connectivity index (χ1v) is 11.2. The van der Waals surface area contributed by atoms with Gasteiger partial charge in [-0.15, -0.1) is 0 Å². The molecule has 150 valence electrons. The van der Waals surface area contributed by atoms with E-state index >= 15 is 0 Å². The molecule has 0 N–H and O–H groups in total. The van der Waals surface area contributed by atoms with Gasteiger partial charge in [0.25, 0.3) is 0 Å². The standard InChI is InChI=1S/C22H28N2O3S/c1-4-24(15-18-8-6-5-7-9-18)28(26,27)21-11-10-20-16-23(22(25)17(2)3)13-12-19(20)14-21/h5-11,14,17H,4,12-13,15-16H2,1-3H3. The number of hydrogen-bond acceptors (Lipinski definition) is 3.